The van der Waals surface area contributed by atoms with E-state index < -0.39 is 47.3 Å². The molecule has 7 aromatic carbocycles. The summed E-state index contributed by atoms with van der Waals surface area (Å²) in [7, 11) is 0. The Morgan fingerprint density at radius 1 is 0.566 bits per heavy atom. The van der Waals surface area contributed by atoms with Crippen molar-refractivity contribution in [3.05, 3.63) is 232 Å². The number of amides is 6. The summed E-state index contributed by atoms with van der Waals surface area (Å²) >= 11 is 12.7. The number of alkyl halides is 10. The first-order chi connectivity index (χ1) is 47.2. The lowest BCUT2D eigenvalue weighted by Crippen LogP contribution is -2.48. The van der Waals surface area contributed by atoms with E-state index in [1.165, 1.54) is 36.4 Å². The highest BCUT2D eigenvalue weighted by Gasteiger charge is 2.35. The van der Waals surface area contributed by atoms with Crippen LogP contribution in [0.2, 0.25) is 5.02 Å². The number of carbonyl (C=O) groups is 3. The monoisotopic (exact) mass is 1420 g/mol. The van der Waals surface area contributed by atoms with Crippen LogP contribution in [0.3, 0.4) is 0 Å². The third-order valence-electron chi connectivity index (χ3n) is 17.2. The molecule has 530 valence electrons. The molecule has 0 aromatic heterocycles. The van der Waals surface area contributed by atoms with E-state index in [-0.39, 0.29) is 57.5 Å². The van der Waals surface area contributed by atoms with Crippen LogP contribution in [0, 0.1) is 0 Å². The summed E-state index contributed by atoms with van der Waals surface area (Å²) in [6.07, 6.45) is -7.04. The second-order valence-electron chi connectivity index (χ2n) is 24.4. The van der Waals surface area contributed by atoms with Crippen molar-refractivity contribution in [2.24, 2.45) is 0 Å². The van der Waals surface area contributed by atoms with Gasteiger partial charge >= 0.3 is 36.6 Å². The Hall–Kier alpha value is -8.64. The Morgan fingerprint density at radius 3 is 1.43 bits per heavy atom. The molecule has 0 aliphatic carbocycles. The third-order valence-corrected chi connectivity index (χ3v) is 18.0. The number of likely N-dealkylation sites (tertiary alicyclic amines) is 3. The van der Waals surface area contributed by atoms with Gasteiger partial charge in [-0.15, -0.1) is 11.6 Å². The van der Waals surface area contributed by atoms with Gasteiger partial charge in [0.1, 0.15) is 5.50 Å². The highest BCUT2D eigenvalue weighted by atomic mass is 35.5. The molecule has 7 aromatic rings. The van der Waals surface area contributed by atoms with Gasteiger partial charge in [-0.05, 0) is 141 Å². The van der Waals surface area contributed by atoms with E-state index in [0.717, 1.165) is 116 Å². The SMILES string of the molecule is C=C(CCC)N1CCC(N(Cc2ccccc2)C(=O)Nc2cccc(C(F)(F)F)c2)CC1.CCOc1cc(CN2CCC(N(Cc3ccccc3)C(=O)Nc3cccc(C(F)(F)F)c3)CC2)cc(Cl)c1O.O=C(Nc1cccc(C(F)(F)F)c1)NC1CCN(C(Cl)c2ccccc2)CC1. The Labute approximate surface area is 581 Å². The highest BCUT2D eigenvalue weighted by Crippen LogP contribution is 2.38. The fourth-order valence-electron chi connectivity index (χ4n) is 12.0. The molecule has 1 atom stereocenters. The number of anilines is 3. The molecule has 0 bridgehead atoms. The van der Waals surface area contributed by atoms with E-state index in [9.17, 15) is 59.0 Å². The minimum atomic E-state index is -4.50. The predicted molar refractivity (Wildman–Crippen MR) is 369 cm³/mol. The summed E-state index contributed by atoms with van der Waals surface area (Å²) in [5, 5.41) is 21.0. The van der Waals surface area contributed by atoms with E-state index >= 15 is 0 Å². The Bertz CT molecular complexity index is 3720. The number of halogens is 11. The summed E-state index contributed by atoms with van der Waals surface area (Å²) in [5.74, 6) is 0.263. The normalized spacial score (nSPS) is 15.4. The molecule has 3 aliphatic rings. The number of nitrogens with zero attached hydrogens (tertiary/aromatic N) is 5. The maximum Gasteiger partial charge on any atom is 0.416 e. The van der Waals surface area contributed by atoms with Gasteiger partial charge in [0.15, 0.2) is 11.5 Å². The minimum absolute atomic E-state index is 0.00770. The first-order valence-electron chi connectivity index (χ1n) is 32.8. The van der Waals surface area contributed by atoms with Crippen LogP contribution in [0.4, 0.5) is 71.0 Å². The van der Waals surface area contributed by atoms with Crippen molar-refractivity contribution >= 4 is 58.4 Å². The predicted octanol–water partition coefficient (Wildman–Crippen LogP) is 18.9. The number of urea groups is 3. The largest absolute Gasteiger partial charge is 0.503 e. The summed E-state index contributed by atoms with van der Waals surface area (Å²) < 4.78 is 123. The number of phenols is 1. The molecule has 5 N–H and O–H groups in total. The van der Waals surface area contributed by atoms with Crippen molar-refractivity contribution in [2.45, 2.75) is 127 Å². The molecule has 3 aliphatic heterocycles. The first kappa shape index (κ1) is 76.1. The number of hydrogen-bond acceptors (Lipinski definition) is 8. The fraction of sp³-hybridized carbons (Fsp3) is 0.365. The van der Waals surface area contributed by atoms with Gasteiger partial charge < -0.3 is 45.8 Å². The van der Waals surface area contributed by atoms with Crippen LogP contribution in [0.1, 0.15) is 110 Å². The topological polar surface area (TPSA) is 145 Å². The molecule has 0 spiro atoms. The number of benzene rings is 7. The summed E-state index contributed by atoms with van der Waals surface area (Å²) in [5.41, 5.74) is 2.68. The average Bonchev–Trinajstić information content (AvgIpc) is 0.888. The molecule has 10 rings (SSSR count). The molecule has 0 saturated carbocycles. The lowest BCUT2D eigenvalue weighted by Gasteiger charge is -2.40. The lowest BCUT2D eigenvalue weighted by molar-refractivity contribution is -0.138. The molecule has 99 heavy (non-hydrogen) atoms. The molecule has 3 heterocycles. The van der Waals surface area contributed by atoms with Crippen molar-refractivity contribution in [2.75, 3.05) is 61.8 Å². The number of hydrogen-bond donors (Lipinski definition) is 5. The molecule has 1 unspecified atom stereocenters. The second-order valence-corrected chi connectivity index (χ2v) is 25.2. The van der Waals surface area contributed by atoms with Crippen LogP contribution in [-0.2, 0) is 38.2 Å². The Balaban J connectivity index is 0.000000192. The number of aromatic hydroxyl groups is 1. The van der Waals surface area contributed by atoms with E-state index in [1.807, 2.05) is 97.9 Å². The number of carbonyl (C=O) groups excluding carboxylic acids is 3. The van der Waals surface area contributed by atoms with E-state index in [0.29, 0.717) is 70.8 Å². The first-order valence-corrected chi connectivity index (χ1v) is 33.6. The van der Waals surface area contributed by atoms with E-state index in [1.54, 1.807) is 21.9 Å². The zero-order chi connectivity index (χ0) is 71.3. The van der Waals surface area contributed by atoms with Crippen LogP contribution >= 0.6 is 23.2 Å². The van der Waals surface area contributed by atoms with Crippen LogP contribution in [0.5, 0.6) is 11.5 Å². The van der Waals surface area contributed by atoms with Gasteiger partial charge in [-0.3, -0.25) is 9.80 Å². The summed E-state index contributed by atoms with van der Waals surface area (Å²) in [6, 6.07) is 44.9. The van der Waals surface area contributed by atoms with Crippen molar-refractivity contribution in [3.8, 4) is 11.5 Å². The summed E-state index contributed by atoms with van der Waals surface area (Å²) in [4.78, 5) is 48.8. The maximum atomic E-state index is 13.4. The van der Waals surface area contributed by atoms with Gasteiger partial charge in [-0.25, -0.2) is 14.4 Å². The maximum absolute atomic E-state index is 13.4. The second kappa shape index (κ2) is 35.9. The number of allylic oxidation sites excluding steroid dienone is 1. The van der Waals surface area contributed by atoms with Gasteiger partial charge in [-0.1, -0.05) is 141 Å². The van der Waals surface area contributed by atoms with Gasteiger partial charge in [0.2, 0.25) is 0 Å². The molecular weight excluding hydrogens is 1340 g/mol. The number of piperidine rings is 3. The molecule has 3 saturated heterocycles. The van der Waals surface area contributed by atoms with Crippen LogP contribution < -0.4 is 26.0 Å². The number of ether oxygens (including phenoxy) is 1. The van der Waals surface area contributed by atoms with Crippen molar-refractivity contribution in [1.29, 1.82) is 0 Å². The van der Waals surface area contributed by atoms with E-state index in [4.69, 9.17) is 27.9 Å². The van der Waals surface area contributed by atoms with Crippen molar-refractivity contribution in [1.82, 2.24) is 29.8 Å². The number of phenolic OH excluding ortho intramolecular Hbond substituents is 1. The third kappa shape index (κ3) is 23.2. The molecule has 25 heteroatoms. The van der Waals surface area contributed by atoms with Crippen molar-refractivity contribution < 1.29 is 63.7 Å². The molecular formula is C74H82Cl2F9N9O5. The Kier molecular flexibility index (Phi) is 27.6. The fourth-order valence-corrected chi connectivity index (χ4v) is 12.6. The van der Waals surface area contributed by atoms with Gasteiger partial charge in [0.25, 0.3) is 0 Å². The van der Waals surface area contributed by atoms with Crippen LogP contribution in [0.15, 0.2) is 188 Å². The van der Waals surface area contributed by atoms with Crippen molar-refractivity contribution in [3.63, 3.8) is 0 Å². The lowest BCUT2D eigenvalue weighted by atomic mass is 10.0. The Morgan fingerprint density at radius 2 is 1.00 bits per heavy atom. The number of nitrogens with one attached hydrogen (secondary N) is 4. The molecule has 0 radical (unpaired) electrons. The summed E-state index contributed by atoms with van der Waals surface area (Å²) in [6.45, 7) is 14.3. The van der Waals surface area contributed by atoms with Crippen LogP contribution in [0.25, 0.3) is 0 Å². The smallest absolute Gasteiger partial charge is 0.416 e. The molecule has 14 nitrogen and oxygen atoms in total. The molecule has 3 fully saturated rings. The molecule has 6 amide bonds. The van der Waals surface area contributed by atoms with Gasteiger partial charge in [0, 0.05) is 99.8 Å². The number of rotatable bonds is 19. The van der Waals surface area contributed by atoms with Gasteiger partial charge in [0.05, 0.1) is 28.3 Å². The van der Waals surface area contributed by atoms with Gasteiger partial charge in [-0.2, -0.15) is 39.5 Å². The standard InChI is InChI=1S/C29H31ClF3N3O3.C25H30F3N3O.C20H21ClF3N3O/c1-2-39-26-16-21(15-25(30)27(26)37)18-35-13-11-24(12-14-35)36(19-20-7-4-3-5-8-20)28(38)34-23-10-6-9-22(17-23)29(31,32)33;1-3-8-19(2)30-15-13-23(14-16-30)31(18-20-9-5-4-6-10-20)24(32)29-22-12-7-11-21(17-22)25(26,27)28;21-18(14-5-2-1-3-6-14)27-11-9-16(10-12-27)25-19(28)26-17-8-4-7-15(13-17)20(22,23)24/h3-10,15-17,24,37H,2,11-14,18-19H2,1H3,(H,34,38);4-7,9-12,17,23H,2-3,8,13-16,18H2,1H3,(H,29,32);1-8,13,16,18H,9-12H2,(H2,25,26,28). The highest BCUT2D eigenvalue weighted by molar-refractivity contribution is 6.32. The zero-order valence-electron chi connectivity index (χ0n) is 55.0. The quantitative estimate of drug-likeness (QED) is 0.0306. The minimum Gasteiger partial charge on any atom is -0.503 e. The van der Waals surface area contributed by atoms with E-state index in [2.05, 4.69) is 49.5 Å². The average molecular weight is 1420 g/mol. The zero-order valence-corrected chi connectivity index (χ0v) is 56.5. The van der Waals surface area contributed by atoms with Crippen LogP contribution in [-0.4, -0.2) is 112 Å².